The third-order valence-electron chi connectivity index (χ3n) is 3.68. The van der Waals surface area contributed by atoms with Gasteiger partial charge in [0.2, 0.25) is 10.0 Å². The molecule has 1 saturated carbocycles. The van der Waals surface area contributed by atoms with Gasteiger partial charge in [0, 0.05) is 18.7 Å². The highest BCUT2D eigenvalue weighted by atomic mass is 32.2. The van der Waals surface area contributed by atoms with Gasteiger partial charge in [-0.05, 0) is 18.9 Å². The largest absolute Gasteiger partial charge is 0.396 e. The van der Waals surface area contributed by atoms with Crippen LogP contribution in [0.1, 0.15) is 25.7 Å². The van der Waals surface area contributed by atoms with E-state index in [0.29, 0.717) is 6.07 Å². The van der Waals surface area contributed by atoms with Gasteiger partial charge in [-0.3, -0.25) is 0 Å². The topological polar surface area (TPSA) is 63.4 Å². The summed E-state index contributed by atoms with van der Waals surface area (Å²) >= 11 is 0. The Balaban J connectivity index is 2.47. The second kappa shape index (κ2) is 6.11. The fourth-order valence-corrected chi connectivity index (χ4v) is 4.37. The van der Waals surface area contributed by atoms with Crippen LogP contribution in [-0.2, 0) is 10.0 Å². The first-order chi connectivity index (χ1) is 9.87. The normalized spacial score (nSPS) is 16.5. The predicted molar refractivity (Wildman–Crippen MR) is 77.1 cm³/mol. The molecule has 1 aliphatic carbocycles. The van der Waals surface area contributed by atoms with E-state index in [0.717, 1.165) is 31.7 Å². The van der Waals surface area contributed by atoms with Gasteiger partial charge in [0.15, 0.2) is 0 Å². The van der Waals surface area contributed by atoms with Crippen molar-refractivity contribution in [2.24, 2.45) is 0 Å². The molecular formula is C14H18F2N2O2S. The minimum atomic E-state index is -4.08. The number of halogens is 2. The zero-order valence-electron chi connectivity index (χ0n) is 11.6. The zero-order chi connectivity index (χ0) is 15.6. The number of anilines is 1. The zero-order valence-corrected chi connectivity index (χ0v) is 12.4. The summed E-state index contributed by atoms with van der Waals surface area (Å²) in [6.07, 6.45) is 4.78. The fraction of sp³-hybridized carbons (Fsp3) is 0.429. The maximum Gasteiger partial charge on any atom is 0.246 e. The lowest BCUT2D eigenvalue weighted by molar-refractivity contribution is 0.345. The van der Waals surface area contributed by atoms with Crippen LogP contribution in [0.25, 0.3) is 0 Å². The summed E-state index contributed by atoms with van der Waals surface area (Å²) in [4.78, 5) is -0.588. The molecule has 1 fully saturated rings. The fourth-order valence-electron chi connectivity index (χ4n) is 2.63. The average molecular weight is 316 g/mol. The maximum absolute atomic E-state index is 13.9. The van der Waals surface area contributed by atoms with E-state index in [-0.39, 0.29) is 18.3 Å². The third-order valence-corrected chi connectivity index (χ3v) is 5.61. The van der Waals surface area contributed by atoms with E-state index in [4.69, 9.17) is 5.73 Å². The first-order valence-electron chi connectivity index (χ1n) is 6.75. The minimum absolute atomic E-state index is 0.0870. The van der Waals surface area contributed by atoms with E-state index in [9.17, 15) is 17.2 Å². The molecule has 7 heteroatoms. The molecule has 0 spiro atoms. The van der Waals surface area contributed by atoms with Crippen molar-refractivity contribution in [1.82, 2.24) is 4.31 Å². The number of nitrogen functional groups attached to an aromatic ring is 1. The highest BCUT2D eigenvalue weighted by molar-refractivity contribution is 7.89. The standard InChI is InChI=1S/C14H18F2N2O2S/c1-2-7-18(10-5-3-4-6-10)21(19,20)14-9-13(17)11(15)8-12(14)16/h2,8-10H,1,3-7,17H2. The molecule has 2 rings (SSSR count). The lowest BCUT2D eigenvalue weighted by Crippen LogP contribution is -2.39. The quantitative estimate of drug-likeness (QED) is 0.671. The summed E-state index contributed by atoms with van der Waals surface area (Å²) in [6.45, 7) is 3.64. The smallest absolute Gasteiger partial charge is 0.246 e. The van der Waals surface area contributed by atoms with Gasteiger partial charge in [-0.25, -0.2) is 17.2 Å². The van der Waals surface area contributed by atoms with Crippen LogP contribution in [-0.4, -0.2) is 25.3 Å². The molecule has 0 atom stereocenters. The van der Waals surface area contributed by atoms with Crippen molar-refractivity contribution in [3.63, 3.8) is 0 Å². The highest BCUT2D eigenvalue weighted by Crippen LogP contribution is 2.30. The van der Waals surface area contributed by atoms with Gasteiger partial charge in [-0.2, -0.15) is 4.31 Å². The molecule has 0 bridgehead atoms. The summed E-state index contributed by atoms with van der Waals surface area (Å²) in [5.41, 5.74) is 4.98. The molecule has 4 nitrogen and oxygen atoms in total. The molecule has 0 aromatic heterocycles. The second-order valence-electron chi connectivity index (χ2n) is 5.11. The Morgan fingerprint density at radius 2 is 1.90 bits per heavy atom. The molecule has 1 aromatic rings. The van der Waals surface area contributed by atoms with Crippen LogP contribution in [0.4, 0.5) is 14.5 Å². The van der Waals surface area contributed by atoms with Crippen molar-refractivity contribution < 1.29 is 17.2 Å². The first-order valence-corrected chi connectivity index (χ1v) is 8.19. The molecule has 21 heavy (non-hydrogen) atoms. The van der Waals surface area contributed by atoms with Crippen LogP contribution in [0.15, 0.2) is 29.7 Å². The SMILES string of the molecule is C=CCN(C1CCCC1)S(=O)(=O)c1cc(N)c(F)cc1F. The number of benzene rings is 1. The number of rotatable bonds is 5. The van der Waals surface area contributed by atoms with Crippen LogP contribution in [0, 0.1) is 11.6 Å². The average Bonchev–Trinajstić information content (AvgIpc) is 2.93. The summed E-state index contributed by atoms with van der Waals surface area (Å²) in [7, 11) is -4.08. The van der Waals surface area contributed by atoms with Crippen LogP contribution >= 0.6 is 0 Å². The van der Waals surface area contributed by atoms with E-state index < -0.39 is 26.6 Å². The van der Waals surface area contributed by atoms with Gasteiger partial charge in [0.25, 0.3) is 0 Å². The van der Waals surface area contributed by atoms with Crippen LogP contribution < -0.4 is 5.73 Å². The Morgan fingerprint density at radius 3 is 2.48 bits per heavy atom. The molecule has 0 aliphatic heterocycles. The third kappa shape index (κ3) is 3.08. The monoisotopic (exact) mass is 316 g/mol. The van der Waals surface area contributed by atoms with Crippen molar-refractivity contribution >= 4 is 15.7 Å². The molecule has 116 valence electrons. The maximum atomic E-state index is 13.9. The molecule has 0 saturated heterocycles. The lowest BCUT2D eigenvalue weighted by atomic mass is 10.2. The van der Waals surface area contributed by atoms with Crippen molar-refractivity contribution in [3.05, 3.63) is 36.4 Å². The highest BCUT2D eigenvalue weighted by Gasteiger charge is 2.34. The van der Waals surface area contributed by atoms with Crippen molar-refractivity contribution in [2.45, 2.75) is 36.6 Å². The second-order valence-corrected chi connectivity index (χ2v) is 6.96. The number of nitrogens with zero attached hydrogens (tertiary/aromatic N) is 1. The summed E-state index contributed by atoms with van der Waals surface area (Å²) in [6, 6.07) is 1.16. The summed E-state index contributed by atoms with van der Waals surface area (Å²) < 4.78 is 53.6. The number of hydrogen-bond acceptors (Lipinski definition) is 3. The molecular weight excluding hydrogens is 298 g/mol. The first kappa shape index (κ1) is 15.9. The van der Waals surface area contributed by atoms with Crippen LogP contribution in [0.2, 0.25) is 0 Å². The van der Waals surface area contributed by atoms with Gasteiger partial charge < -0.3 is 5.73 Å². The van der Waals surface area contributed by atoms with Crippen LogP contribution in [0.3, 0.4) is 0 Å². The molecule has 0 amide bonds. The van der Waals surface area contributed by atoms with E-state index in [2.05, 4.69) is 6.58 Å². The molecule has 0 radical (unpaired) electrons. The predicted octanol–water partition coefficient (Wildman–Crippen LogP) is 2.67. The Kier molecular flexibility index (Phi) is 4.63. The Labute approximate surface area is 123 Å². The van der Waals surface area contributed by atoms with Crippen molar-refractivity contribution in [3.8, 4) is 0 Å². The Bertz CT molecular complexity index is 641. The minimum Gasteiger partial charge on any atom is -0.396 e. The number of sulfonamides is 1. The Morgan fingerprint density at radius 1 is 1.29 bits per heavy atom. The van der Waals surface area contributed by atoms with Crippen molar-refractivity contribution in [1.29, 1.82) is 0 Å². The number of nitrogens with two attached hydrogens (primary N) is 1. The van der Waals surface area contributed by atoms with E-state index in [1.54, 1.807) is 0 Å². The van der Waals surface area contributed by atoms with Gasteiger partial charge in [-0.1, -0.05) is 18.9 Å². The molecule has 0 heterocycles. The Hall–Kier alpha value is -1.47. The van der Waals surface area contributed by atoms with E-state index in [1.165, 1.54) is 10.4 Å². The number of hydrogen-bond donors (Lipinski definition) is 1. The molecule has 1 aliphatic rings. The summed E-state index contributed by atoms with van der Waals surface area (Å²) in [5, 5.41) is 0. The van der Waals surface area contributed by atoms with Gasteiger partial charge in [0.1, 0.15) is 16.5 Å². The van der Waals surface area contributed by atoms with Crippen molar-refractivity contribution in [2.75, 3.05) is 12.3 Å². The van der Waals surface area contributed by atoms with E-state index in [1.807, 2.05) is 0 Å². The van der Waals surface area contributed by atoms with Gasteiger partial charge in [0.05, 0.1) is 5.69 Å². The summed E-state index contributed by atoms with van der Waals surface area (Å²) in [5.74, 6) is -2.10. The molecule has 0 unspecified atom stereocenters. The van der Waals surface area contributed by atoms with Gasteiger partial charge in [-0.15, -0.1) is 6.58 Å². The lowest BCUT2D eigenvalue weighted by Gasteiger charge is -2.27. The van der Waals surface area contributed by atoms with Gasteiger partial charge >= 0.3 is 0 Å². The van der Waals surface area contributed by atoms with E-state index >= 15 is 0 Å². The molecule has 1 aromatic carbocycles. The molecule has 2 N–H and O–H groups in total. The van der Waals surface area contributed by atoms with Crippen LogP contribution in [0.5, 0.6) is 0 Å².